The first-order valence-electron chi connectivity index (χ1n) is 11.2. The van der Waals surface area contributed by atoms with Crippen LogP contribution < -0.4 is 0 Å². The lowest BCUT2D eigenvalue weighted by molar-refractivity contribution is 0.163. The van der Waals surface area contributed by atoms with Gasteiger partial charge < -0.3 is 10.2 Å². The Kier molecular flexibility index (Phi) is 14.3. The van der Waals surface area contributed by atoms with E-state index in [0.717, 1.165) is 18.4 Å². The Morgan fingerprint density at radius 3 is 1.42 bits per heavy atom. The van der Waals surface area contributed by atoms with Gasteiger partial charge >= 0.3 is 0 Å². The summed E-state index contributed by atoms with van der Waals surface area (Å²) in [6.45, 7) is 2.28. The van der Waals surface area contributed by atoms with Crippen molar-refractivity contribution in [3.63, 3.8) is 0 Å². The SMILES string of the molecule is CCCCCCCCCCCCCCCCCC(O)c1ccc(O)cc1. The monoisotopic (exact) mass is 362 g/mol. The van der Waals surface area contributed by atoms with E-state index >= 15 is 0 Å². The fourth-order valence-corrected chi connectivity index (χ4v) is 3.57. The minimum absolute atomic E-state index is 0.257. The Bertz CT molecular complexity index is 413. The summed E-state index contributed by atoms with van der Waals surface area (Å²) in [5, 5.41) is 19.4. The highest BCUT2D eigenvalue weighted by molar-refractivity contribution is 5.27. The van der Waals surface area contributed by atoms with Gasteiger partial charge in [0.25, 0.3) is 0 Å². The second-order valence-electron chi connectivity index (χ2n) is 7.85. The molecule has 1 aromatic carbocycles. The van der Waals surface area contributed by atoms with Crippen LogP contribution >= 0.6 is 0 Å². The normalized spacial score (nSPS) is 12.4. The summed E-state index contributed by atoms with van der Waals surface area (Å²) in [4.78, 5) is 0. The topological polar surface area (TPSA) is 40.5 Å². The standard InChI is InChI=1S/C24H42O2/c1-2-3-4-5-6-7-8-9-10-11-12-13-14-15-16-17-24(26)22-18-20-23(25)21-19-22/h18-21,24-26H,2-17H2,1H3. The number of unbranched alkanes of at least 4 members (excludes halogenated alkanes) is 14. The quantitative estimate of drug-likeness (QED) is 0.279. The summed E-state index contributed by atoms with van der Waals surface area (Å²) < 4.78 is 0. The number of rotatable bonds is 17. The van der Waals surface area contributed by atoms with Crippen LogP contribution in [0.4, 0.5) is 0 Å². The van der Waals surface area contributed by atoms with Crippen LogP contribution in [0, 0.1) is 0 Å². The zero-order chi connectivity index (χ0) is 18.9. The van der Waals surface area contributed by atoms with Crippen molar-refractivity contribution in [2.45, 2.75) is 116 Å². The van der Waals surface area contributed by atoms with E-state index in [2.05, 4.69) is 6.92 Å². The molecule has 1 unspecified atom stereocenters. The van der Waals surface area contributed by atoms with E-state index < -0.39 is 6.10 Å². The summed E-state index contributed by atoms with van der Waals surface area (Å²) in [5.41, 5.74) is 0.910. The van der Waals surface area contributed by atoms with Crippen LogP contribution in [0.1, 0.15) is 121 Å². The van der Waals surface area contributed by atoms with Crippen molar-refractivity contribution in [1.82, 2.24) is 0 Å². The zero-order valence-corrected chi connectivity index (χ0v) is 17.1. The highest BCUT2D eigenvalue weighted by atomic mass is 16.3. The lowest BCUT2D eigenvalue weighted by atomic mass is 10.0. The van der Waals surface area contributed by atoms with Gasteiger partial charge in [-0.2, -0.15) is 0 Å². The van der Waals surface area contributed by atoms with E-state index in [9.17, 15) is 10.2 Å². The molecule has 0 saturated carbocycles. The molecule has 0 saturated heterocycles. The number of aliphatic hydroxyl groups is 1. The fraction of sp³-hybridized carbons (Fsp3) is 0.750. The van der Waals surface area contributed by atoms with Gasteiger partial charge in [-0.05, 0) is 24.1 Å². The minimum Gasteiger partial charge on any atom is -0.508 e. The third kappa shape index (κ3) is 12.4. The van der Waals surface area contributed by atoms with Gasteiger partial charge in [-0.1, -0.05) is 115 Å². The predicted octanol–water partition coefficient (Wildman–Crippen LogP) is 7.69. The van der Waals surface area contributed by atoms with E-state index in [1.165, 1.54) is 89.9 Å². The maximum atomic E-state index is 10.1. The van der Waals surface area contributed by atoms with Crippen LogP contribution in [-0.2, 0) is 0 Å². The summed E-state index contributed by atoms with van der Waals surface area (Å²) in [6.07, 6.45) is 20.9. The Balaban J connectivity index is 1.81. The van der Waals surface area contributed by atoms with Crippen LogP contribution in [0.15, 0.2) is 24.3 Å². The van der Waals surface area contributed by atoms with Gasteiger partial charge in [0.2, 0.25) is 0 Å². The zero-order valence-electron chi connectivity index (χ0n) is 17.1. The van der Waals surface area contributed by atoms with Crippen molar-refractivity contribution in [1.29, 1.82) is 0 Å². The van der Waals surface area contributed by atoms with Crippen LogP contribution in [0.3, 0.4) is 0 Å². The molecule has 2 heteroatoms. The van der Waals surface area contributed by atoms with Crippen molar-refractivity contribution in [3.05, 3.63) is 29.8 Å². The van der Waals surface area contributed by atoms with Crippen molar-refractivity contribution in [2.24, 2.45) is 0 Å². The van der Waals surface area contributed by atoms with Gasteiger partial charge in [-0.3, -0.25) is 0 Å². The molecule has 0 fully saturated rings. The number of hydrogen-bond donors (Lipinski definition) is 2. The molecule has 0 aromatic heterocycles. The number of aromatic hydroxyl groups is 1. The van der Waals surface area contributed by atoms with Crippen molar-refractivity contribution >= 4 is 0 Å². The van der Waals surface area contributed by atoms with E-state index in [4.69, 9.17) is 0 Å². The summed E-state index contributed by atoms with van der Waals surface area (Å²) in [5.74, 6) is 0.257. The minimum atomic E-state index is -0.391. The van der Waals surface area contributed by atoms with E-state index in [-0.39, 0.29) is 5.75 Å². The van der Waals surface area contributed by atoms with Crippen molar-refractivity contribution < 1.29 is 10.2 Å². The Labute approximate surface area is 162 Å². The largest absolute Gasteiger partial charge is 0.508 e. The van der Waals surface area contributed by atoms with Crippen LogP contribution in [0.25, 0.3) is 0 Å². The molecule has 26 heavy (non-hydrogen) atoms. The van der Waals surface area contributed by atoms with Gasteiger partial charge in [-0.15, -0.1) is 0 Å². The Morgan fingerprint density at radius 2 is 1.00 bits per heavy atom. The molecule has 0 spiro atoms. The van der Waals surface area contributed by atoms with Crippen molar-refractivity contribution in [3.8, 4) is 5.75 Å². The van der Waals surface area contributed by atoms with Gasteiger partial charge in [0.1, 0.15) is 5.75 Å². The highest BCUT2D eigenvalue weighted by Crippen LogP contribution is 2.22. The average molecular weight is 363 g/mol. The van der Waals surface area contributed by atoms with E-state index in [1.807, 2.05) is 12.1 Å². The number of hydrogen-bond acceptors (Lipinski definition) is 2. The fourth-order valence-electron chi connectivity index (χ4n) is 3.57. The highest BCUT2D eigenvalue weighted by Gasteiger charge is 2.06. The first-order chi connectivity index (χ1) is 12.7. The Hall–Kier alpha value is -1.02. The average Bonchev–Trinajstić information content (AvgIpc) is 2.65. The van der Waals surface area contributed by atoms with E-state index in [1.54, 1.807) is 12.1 Å². The molecule has 1 atom stereocenters. The lowest BCUT2D eigenvalue weighted by Crippen LogP contribution is -1.96. The number of phenols is 1. The second kappa shape index (κ2) is 16.2. The lowest BCUT2D eigenvalue weighted by Gasteiger charge is -2.10. The molecule has 2 nitrogen and oxygen atoms in total. The number of phenolic OH excluding ortho intramolecular Hbond substituents is 1. The van der Waals surface area contributed by atoms with E-state index in [0.29, 0.717) is 0 Å². The molecule has 0 bridgehead atoms. The first kappa shape index (κ1) is 23.0. The van der Waals surface area contributed by atoms with Gasteiger partial charge in [0.15, 0.2) is 0 Å². The van der Waals surface area contributed by atoms with Gasteiger partial charge in [0.05, 0.1) is 6.10 Å². The summed E-state index contributed by atoms with van der Waals surface area (Å²) >= 11 is 0. The molecule has 0 amide bonds. The van der Waals surface area contributed by atoms with Crippen LogP contribution in [-0.4, -0.2) is 10.2 Å². The van der Waals surface area contributed by atoms with Gasteiger partial charge in [-0.25, -0.2) is 0 Å². The molecule has 0 aliphatic rings. The molecular weight excluding hydrogens is 320 g/mol. The molecule has 0 aliphatic carbocycles. The molecular formula is C24H42O2. The molecule has 2 N–H and O–H groups in total. The second-order valence-corrected chi connectivity index (χ2v) is 7.85. The predicted molar refractivity (Wildman–Crippen MR) is 113 cm³/mol. The Morgan fingerprint density at radius 1 is 0.615 bits per heavy atom. The molecule has 0 heterocycles. The molecule has 1 aromatic rings. The van der Waals surface area contributed by atoms with Crippen LogP contribution in [0.5, 0.6) is 5.75 Å². The third-order valence-corrected chi connectivity index (χ3v) is 5.36. The smallest absolute Gasteiger partial charge is 0.115 e. The summed E-state index contributed by atoms with van der Waals surface area (Å²) in [7, 11) is 0. The van der Waals surface area contributed by atoms with Crippen LogP contribution in [0.2, 0.25) is 0 Å². The molecule has 0 radical (unpaired) electrons. The molecule has 150 valence electrons. The first-order valence-corrected chi connectivity index (χ1v) is 11.2. The molecule has 0 aliphatic heterocycles. The summed E-state index contributed by atoms with van der Waals surface area (Å²) in [6, 6.07) is 6.91. The number of benzene rings is 1. The molecule has 1 rings (SSSR count). The number of aliphatic hydroxyl groups excluding tert-OH is 1. The van der Waals surface area contributed by atoms with Crippen molar-refractivity contribution in [2.75, 3.05) is 0 Å². The maximum absolute atomic E-state index is 10.1. The maximum Gasteiger partial charge on any atom is 0.115 e. The van der Waals surface area contributed by atoms with Gasteiger partial charge in [0, 0.05) is 0 Å². The third-order valence-electron chi connectivity index (χ3n) is 5.36.